The van der Waals surface area contributed by atoms with Gasteiger partial charge in [-0.1, -0.05) is 15.9 Å². The predicted molar refractivity (Wildman–Crippen MR) is 67.8 cm³/mol. The van der Waals surface area contributed by atoms with E-state index in [0.29, 0.717) is 6.42 Å². The molecule has 1 rings (SSSR count). The molecule has 1 aromatic rings. The van der Waals surface area contributed by atoms with Crippen molar-refractivity contribution in [1.29, 1.82) is 0 Å². The standard InChI is InChI=1S/C12H16BrNO2/c1-8(15)6-11(14-2)10-7-9(13)4-5-12(10)16-3/h4-5,7,11,14H,6H2,1-3H3. The van der Waals surface area contributed by atoms with Gasteiger partial charge in [-0.2, -0.15) is 0 Å². The van der Waals surface area contributed by atoms with Crippen LogP contribution in [0.25, 0.3) is 0 Å². The predicted octanol–water partition coefficient (Wildman–Crippen LogP) is 2.70. The quantitative estimate of drug-likeness (QED) is 0.904. The third-order valence-corrected chi connectivity index (χ3v) is 2.90. The lowest BCUT2D eigenvalue weighted by Gasteiger charge is -2.18. The normalized spacial score (nSPS) is 12.2. The Morgan fingerprint density at radius 1 is 1.56 bits per heavy atom. The molecule has 0 bridgehead atoms. The van der Waals surface area contributed by atoms with Gasteiger partial charge in [0, 0.05) is 22.5 Å². The van der Waals surface area contributed by atoms with Gasteiger partial charge >= 0.3 is 0 Å². The molecule has 1 unspecified atom stereocenters. The smallest absolute Gasteiger partial charge is 0.131 e. The van der Waals surface area contributed by atoms with Gasteiger partial charge in [0.05, 0.1) is 7.11 Å². The zero-order chi connectivity index (χ0) is 12.1. The lowest BCUT2D eigenvalue weighted by Crippen LogP contribution is -2.19. The van der Waals surface area contributed by atoms with E-state index in [1.807, 2.05) is 25.2 Å². The minimum Gasteiger partial charge on any atom is -0.496 e. The monoisotopic (exact) mass is 285 g/mol. The number of nitrogens with one attached hydrogen (secondary N) is 1. The van der Waals surface area contributed by atoms with E-state index in [-0.39, 0.29) is 11.8 Å². The van der Waals surface area contributed by atoms with Crippen molar-refractivity contribution in [2.45, 2.75) is 19.4 Å². The molecular formula is C12H16BrNO2. The summed E-state index contributed by atoms with van der Waals surface area (Å²) in [5, 5.41) is 3.13. The molecule has 0 amide bonds. The molecule has 16 heavy (non-hydrogen) atoms. The van der Waals surface area contributed by atoms with Gasteiger partial charge in [0.2, 0.25) is 0 Å². The van der Waals surface area contributed by atoms with E-state index in [1.54, 1.807) is 14.0 Å². The van der Waals surface area contributed by atoms with Crippen molar-refractivity contribution in [3.05, 3.63) is 28.2 Å². The Morgan fingerprint density at radius 3 is 2.75 bits per heavy atom. The van der Waals surface area contributed by atoms with Crippen LogP contribution in [0, 0.1) is 0 Å². The SMILES string of the molecule is CNC(CC(C)=O)c1cc(Br)ccc1OC. The summed E-state index contributed by atoms with van der Waals surface area (Å²) in [5.41, 5.74) is 0.995. The zero-order valence-electron chi connectivity index (χ0n) is 9.71. The number of methoxy groups -OCH3 is 1. The molecule has 4 heteroatoms. The molecule has 0 saturated carbocycles. The van der Waals surface area contributed by atoms with Crippen LogP contribution in [-0.2, 0) is 4.79 Å². The maximum Gasteiger partial charge on any atom is 0.131 e. The summed E-state index contributed by atoms with van der Waals surface area (Å²) in [6.07, 6.45) is 0.462. The largest absolute Gasteiger partial charge is 0.496 e. The van der Waals surface area contributed by atoms with Crippen LogP contribution in [0.5, 0.6) is 5.75 Å². The number of rotatable bonds is 5. The van der Waals surface area contributed by atoms with Gasteiger partial charge in [-0.25, -0.2) is 0 Å². The van der Waals surface area contributed by atoms with E-state index in [2.05, 4.69) is 21.2 Å². The van der Waals surface area contributed by atoms with Gasteiger partial charge in [0.25, 0.3) is 0 Å². The number of ketones is 1. The number of carbonyl (C=O) groups is 1. The highest BCUT2D eigenvalue weighted by atomic mass is 79.9. The Hall–Kier alpha value is -0.870. The third-order valence-electron chi connectivity index (χ3n) is 2.41. The second kappa shape index (κ2) is 6.01. The summed E-state index contributed by atoms with van der Waals surface area (Å²) < 4.78 is 6.27. The molecule has 0 radical (unpaired) electrons. The van der Waals surface area contributed by atoms with Crippen molar-refractivity contribution < 1.29 is 9.53 Å². The molecular weight excluding hydrogens is 270 g/mol. The van der Waals surface area contributed by atoms with E-state index in [9.17, 15) is 4.79 Å². The zero-order valence-corrected chi connectivity index (χ0v) is 11.3. The molecule has 88 valence electrons. The molecule has 0 aromatic heterocycles. The Labute approximate surface area is 104 Å². The summed E-state index contributed by atoms with van der Waals surface area (Å²) in [7, 11) is 3.47. The second-order valence-electron chi connectivity index (χ2n) is 3.63. The average Bonchev–Trinajstić information content (AvgIpc) is 2.25. The molecule has 0 fully saturated rings. The summed E-state index contributed by atoms with van der Waals surface area (Å²) in [6, 6.07) is 5.78. The van der Waals surface area contributed by atoms with Gasteiger partial charge in [0.15, 0.2) is 0 Å². The minimum atomic E-state index is -0.00931. The van der Waals surface area contributed by atoms with Gasteiger partial charge in [-0.3, -0.25) is 4.79 Å². The van der Waals surface area contributed by atoms with E-state index in [4.69, 9.17) is 4.74 Å². The highest BCUT2D eigenvalue weighted by Crippen LogP contribution is 2.30. The summed E-state index contributed by atoms with van der Waals surface area (Å²) in [6.45, 7) is 1.59. The fraction of sp³-hybridized carbons (Fsp3) is 0.417. The molecule has 0 spiro atoms. The highest BCUT2D eigenvalue weighted by Gasteiger charge is 2.16. The first-order valence-electron chi connectivity index (χ1n) is 5.08. The molecule has 1 N–H and O–H groups in total. The molecule has 0 aliphatic carbocycles. The lowest BCUT2D eigenvalue weighted by molar-refractivity contribution is -0.117. The number of halogens is 1. The Kier molecular flexibility index (Phi) is 4.96. The van der Waals surface area contributed by atoms with Gasteiger partial charge in [-0.05, 0) is 32.2 Å². The van der Waals surface area contributed by atoms with E-state index in [0.717, 1.165) is 15.8 Å². The Bertz CT molecular complexity index is 379. The van der Waals surface area contributed by atoms with Crippen LogP contribution in [0.1, 0.15) is 24.9 Å². The van der Waals surface area contributed by atoms with Crippen LogP contribution in [0.15, 0.2) is 22.7 Å². The van der Waals surface area contributed by atoms with Crippen molar-refractivity contribution >= 4 is 21.7 Å². The van der Waals surface area contributed by atoms with E-state index >= 15 is 0 Å². The molecule has 0 saturated heterocycles. The van der Waals surface area contributed by atoms with E-state index < -0.39 is 0 Å². The molecule has 3 nitrogen and oxygen atoms in total. The topological polar surface area (TPSA) is 38.3 Å². The first-order chi connectivity index (χ1) is 7.58. The number of carbonyl (C=O) groups excluding carboxylic acids is 1. The van der Waals surface area contributed by atoms with Crippen LogP contribution in [-0.4, -0.2) is 19.9 Å². The Morgan fingerprint density at radius 2 is 2.25 bits per heavy atom. The summed E-state index contributed by atoms with van der Waals surface area (Å²) in [5.74, 6) is 0.949. The average molecular weight is 286 g/mol. The highest BCUT2D eigenvalue weighted by molar-refractivity contribution is 9.10. The maximum atomic E-state index is 11.2. The van der Waals surface area contributed by atoms with Crippen molar-refractivity contribution in [3.63, 3.8) is 0 Å². The van der Waals surface area contributed by atoms with Crippen molar-refractivity contribution in [1.82, 2.24) is 5.32 Å². The van der Waals surface area contributed by atoms with Crippen LogP contribution in [0.2, 0.25) is 0 Å². The first-order valence-corrected chi connectivity index (χ1v) is 5.88. The fourth-order valence-corrected chi connectivity index (χ4v) is 2.01. The maximum absolute atomic E-state index is 11.2. The molecule has 1 atom stereocenters. The number of benzene rings is 1. The van der Waals surface area contributed by atoms with Crippen LogP contribution in [0.3, 0.4) is 0 Å². The number of Topliss-reactive ketones (excluding diaryl/α,β-unsaturated/α-hetero) is 1. The number of ether oxygens (including phenoxy) is 1. The van der Waals surface area contributed by atoms with Crippen LogP contribution >= 0.6 is 15.9 Å². The van der Waals surface area contributed by atoms with Gasteiger partial charge in [-0.15, -0.1) is 0 Å². The third kappa shape index (κ3) is 3.32. The molecule has 0 aliphatic heterocycles. The Balaban J connectivity index is 3.06. The number of hydrogen-bond acceptors (Lipinski definition) is 3. The lowest BCUT2D eigenvalue weighted by atomic mass is 10.0. The minimum absolute atomic E-state index is 0.00931. The fourth-order valence-electron chi connectivity index (χ4n) is 1.63. The van der Waals surface area contributed by atoms with Crippen LogP contribution in [0.4, 0.5) is 0 Å². The van der Waals surface area contributed by atoms with E-state index in [1.165, 1.54) is 0 Å². The van der Waals surface area contributed by atoms with Crippen molar-refractivity contribution in [3.8, 4) is 5.75 Å². The molecule has 1 aromatic carbocycles. The molecule has 0 aliphatic rings. The first kappa shape index (κ1) is 13.2. The van der Waals surface area contributed by atoms with Crippen molar-refractivity contribution in [2.75, 3.05) is 14.2 Å². The molecule has 0 heterocycles. The van der Waals surface area contributed by atoms with Crippen molar-refractivity contribution in [2.24, 2.45) is 0 Å². The van der Waals surface area contributed by atoms with Gasteiger partial charge in [0.1, 0.15) is 11.5 Å². The summed E-state index contributed by atoms with van der Waals surface area (Å²) >= 11 is 3.42. The summed E-state index contributed by atoms with van der Waals surface area (Å²) in [4.78, 5) is 11.2. The number of hydrogen-bond donors (Lipinski definition) is 1. The van der Waals surface area contributed by atoms with Crippen LogP contribution < -0.4 is 10.1 Å². The van der Waals surface area contributed by atoms with Gasteiger partial charge < -0.3 is 10.1 Å². The second-order valence-corrected chi connectivity index (χ2v) is 4.55.